The number of nitro benzene ring substituents is 1. The number of aromatic nitrogens is 1. The van der Waals surface area contributed by atoms with Crippen molar-refractivity contribution in [2.45, 2.75) is 33.4 Å². The zero-order valence-corrected chi connectivity index (χ0v) is 13.6. The van der Waals surface area contributed by atoms with Crippen LogP contribution < -0.4 is 10.1 Å². The van der Waals surface area contributed by atoms with Crippen molar-refractivity contribution >= 4 is 5.69 Å². The van der Waals surface area contributed by atoms with E-state index in [0.29, 0.717) is 24.6 Å². The zero-order chi connectivity index (χ0) is 16.8. The highest BCUT2D eigenvalue weighted by Crippen LogP contribution is 2.24. The second-order valence-electron chi connectivity index (χ2n) is 5.31. The van der Waals surface area contributed by atoms with Crippen molar-refractivity contribution in [2.24, 2.45) is 0 Å². The first-order valence-electron chi connectivity index (χ1n) is 7.58. The molecule has 0 aliphatic heterocycles. The summed E-state index contributed by atoms with van der Waals surface area (Å²) >= 11 is 0. The van der Waals surface area contributed by atoms with Crippen LogP contribution in [0.15, 0.2) is 36.5 Å². The summed E-state index contributed by atoms with van der Waals surface area (Å²) in [4.78, 5) is 14.9. The highest BCUT2D eigenvalue weighted by Gasteiger charge is 2.14. The van der Waals surface area contributed by atoms with Crippen LogP contribution in [0.1, 0.15) is 36.6 Å². The number of aryl methyl sites for hydroxylation is 1. The third-order valence-corrected chi connectivity index (χ3v) is 3.66. The van der Waals surface area contributed by atoms with Gasteiger partial charge in [0.05, 0.1) is 11.5 Å². The van der Waals surface area contributed by atoms with Gasteiger partial charge in [0.15, 0.2) is 0 Å². The molecule has 23 heavy (non-hydrogen) atoms. The number of rotatable bonds is 7. The SMILES string of the molecule is CCOc1ncccc1CNC(C)c1ccc(C)c([N+](=O)[O-])c1. The number of hydrogen-bond acceptors (Lipinski definition) is 5. The van der Waals surface area contributed by atoms with Crippen LogP contribution in [-0.2, 0) is 6.54 Å². The summed E-state index contributed by atoms with van der Waals surface area (Å²) in [5.41, 5.74) is 2.65. The molecule has 0 aliphatic carbocycles. The topological polar surface area (TPSA) is 77.3 Å². The number of hydrogen-bond donors (Lipinski definition) is 1. The molecule has 0 bridgehead atoms. The van der Waals surface area contributed by atoms with Gasteiger partial charge in [-0.2, -0.15) is 0 Å². The molecule has 1 aromatic heterocycles. The third-order valence-electron chi connectivity index (χ3n) is 3.66. The molecule has 2 rings (SSSR count). The molecule has 1 atom stereocenters. The summed E-state index contributed by atoms with van der Waals surface area (Å²) in [6, 6.07) is 9.10. The lowest BCUT2D eigenvalue weighted by Gasteiger charge is -2.16. The van der Waals surface area contributed by atoms with Crippen LogP contribution in [-0.4, -0.2) is 16.5 Å². The lowest BCUT2D eigenvalue weighted by molar-refractivity contribution is -0.385. The molecule has 1 N–H and O–H groups in total. The Morgan fingerprint density at radius 3 is 2.87 bits per heavy atom. The Bertz CT molecular complexity index is 689. The van der Waals surface area contributed by atoms with Gasteiger partial charge in [-0.3, -0.25) is 10.1 Å². The maximum Gasteiger partial charge on any atom is 0.272 e. The van der Waals surface area contributed by atoms with E-state index >= 15 is 0 Å². The molecule has 0 saturated heterocycles. The van der Waals surface area contributed by atoms with Crippen LogP contribution in [0.25, 0.3) is 0 Å². The minimum Gasteiger partial charge on any atom is -0.478 e. The van der Waals surface area contributed by atoms with E-state index in [2.05, 4.69) is 10.3 Å². The van der Waals surface area contributed by atoms with E-state index in [9.17, 15) is 10.1 Å². The van der Waals surface area contributed by atoms with Crippen LogP contribution >= 0.6 is 0 Å². The Labute approximate surface area is 135 Å². The van der Waals surface area contributed by atoms with E-state index in [1.807, 2.05) is 32.0 Å². The van der Waals surface area contributed by atoms with E-state index in [0.717, 1.165) is 11.1 Å². The van der Waals surface area contributed by atoms with Crippen molar-refractivity contribution in [2.75, 3.05) is 6.61 Å². The second-order valence-corrected chi connectivity index (χ2v) is 5.31. The van der Waals surface area contributed by atoms with Gasteiger partial charge in [-0.15, -0.1) is 0 Å². The molecule has 1 unspecified atom stereocenters. The lowest BCUT2D eigenvalue weighted by Crippen LogP contribution is -2.19. The van der Waals surface area contributed by atoms with Gasteiger partial charge in [-0.25, -0.2) is 4.98 Å². The number of nitrogens with zero attached hydrogens (tertiary/aromatic N) is 2. The van der Waals surface area contributed by atoms with E-state index < -0.39 is 0 Å². The predicted octanol–water partition coefficient (Wildman–Crippen LogP) is 3.55. The average molecular weight is 315 g/mol. The fourth-order valence-electron chi connectivity index (χ4n) is 2.30. The molecule has 2 aromatic rings. The van der Waals surface area contributed by atoms with Gasteiger partial charge in [-0.1, -0.05) is 18.2 Å². The molecule has 0 saturated carbocycles. The first-order valence-corrected chi connectivity index (χ1v) is 7.58. The van der Waals surface area contributed by atoms with Gasteiger partial charge in [0.25, 0.3) is 5.69 Å². The highest BCUT2D eigenvalue weighted by molar-refractivity contribution is 5.43. The van der Waals surface area contributed by atoms with Gasteiger partial charge in [0.2, 0.25) is 5.88 Å². The van der Waals surface area contributed by atoms with Gasteiger partial charge in [-0.05, 0) is 32.4 Å². The maximum absolute atomic E-state index is 11.1. The molecule has 1 aromatic carbocycles. The summed E-state index contributed by atoms with van der Waals surface area (Å²) in [5, 5.41) is 14.4. The van der Waals surface area contributed by atoms with E-state index in [1.54, 1.807) is 25.3 Å². The van der Waals surface area contributed by atoms with E-state index in [1.165, 1.54) is 0 Å². The van der Waals surface area contributed by atoms with E-state index in [-0.39, 0.29) is 16.7 Å². The maximum atomic E-state index is 11.1. The van der Waals surface area contributed by atoms with Gasteiger partial charge < -0.3 is 10.1 Å². The molecule has 0 aliphatic rings. The Hall–Kier alpha value is -2.47. The fourth-order valence-corrected chi connectivity index (χ4v) is 2.30. The normalized spacial score (nSPS) is 12.0. The predicted molar refractivity (Wildman–Crippen MR) is 88.5 cm³/mol. The van der Waals surface area contributed by atoms with Crippen molar-refractivity contribution in [3.63, 3.8) is 0 Å². The minimum absolute atomic E-state index is 0.0241. The quantitative estimate of drug-likeness (QED) is 0.624. The second kappa shape index (κ2) is 7.69. The summed E-state index contributed by atoms with van der Waals surface area (Å²) in [5.74, 6) is 0.615. The Kier molecular flexibility index (Phi) is 5.65. The Morgan fingerprint density at radius 2 is 2.17 bits per heavy atom. The minimum atomic E-state index is -0.347. The average Bonchev–Trinajstić information content (AvgIpc) is 2.54. The van der Waals surface area contributed by atoms with Gasteiger partial charge >= 0.3 is 0 Å². The van der Waals surface area contributed by atoms with Crippen LogP contribution in [0.5, 0.6) is 5.88 Å². The third kappa shape index (κ3) is 4.26. The lowest BCUT2D eigenvalue weighted by atomic mass is 10.0. The van der Waals surface area contributed by atoms with Gasteiger partial charge in [0.1, 0.15) is 0 Å². The summed E-state index contributed by atoms with van der Waals surface area (Å²) in [6.07, 6.45) is 1.70. The van der Waals surface area contributed by atoms with Crippen LogP contribution in [0.3, 0.4) is 0 Å². The highest BCUT2D eigenvalue weighted by atomic mass is 16.6. The van der Waals surface area contributed by atoms with Crippen molar-refractivity contribution in [3.05, 3.63) is 63.3 Å². The van der Waals surface area contributed by atoms with Crippen molar-refractivity contribution < 1.29 is 9.66 Å². The molecule has 1 heterocycles. The standard InChI is InChI=1S/C17H21N3O3/c1-4-23-17-15(6-5-9-18-17)11-19-13(3)14-8-7-12(2)16(10-14)20(21)22/h5-10,13,19H,4,11H2,1-3H3. The summed E-state index contributed by atoms with van der Waals surface area (Å²) in [6.45, 7) is 6.77. The molecule has 0 radical (unpaired) electrons. The monoisotopic (exact) mass is 315 g/mol. The summed E-state index contributed by atoms with van der Waals surface area (Å²) < 4.78 is 5.50. The first kappa shape index (κ1) is 16.9. The molecule has 122 valence electrons. The Morgan fingerprint density at radius 1 is 1.39 bits per heavy atom. The zero-order valence-electron chi connectivity index (χ0n) is 13.6. The molecule has 6 heteroatoms. The van der Waals surface area contributed by atoms with E-state index in [4.69, 9.17) is 4.74 Å². The largest absolute Gasteiger partial charge is 0.478 e. The molecule has 6 nitrogen and oxygen atoms in total. The smallest absolute Gasteiger partial charge is 0.272 e. The fraction of sp³-hybridized carbons (Fsp3) is 0.353. The van der Waals surface area contributed by atoms with Crippen LogP contribution in [0.4, 0.5) is 5.69 Å². The molecule has 0 amide bonds. The number of nitrogens with one attached hydrogen (secondary N) is 1. The Balaban J connectivity index is 2.10. The first-order chi connectivity index (χ1) is 11.0. The number of ether oxygens (including phenoxy) is 1. The summed E-state index contributed by atoms with van der Waals surface area (Å²) in [7, 11) is 0. The molecular weight excluding hydrogens is 294 g/mol. The van der Waals surface area contributed by atoms with Gasteiger partial charge in [0, 0.05) is 36.0 Å². The number of nitro groups is 1. The van der Waals surface area contributed by atoms with Crippen LogP contribution in [0, 0.1) is 17.0 Å². The van der Waals surface area contributed by atoms with Crippen LogP contribution in [0.2, 0.25) is 0 Å². The van der Waals surface area contributed by atoms with Crippen molar-refractivity contribution in [1.82, 2.24) is 10.3 Å². The van der Waals surface area contributed by atoms with Crippen molar-refractivity contribution in [1.29, 1.82) is 0 Å². The molecule has 0 spiro atoms. The number of benzene rings is 1. The van der Waals surface area contributed by atoms with Crippen molar-refractivity contribution in [3.8, 4) is 5.88 Å². The molecular formula is C17H21N3O3. The number of pyridine rings is 1. The molecule has 0 fully saturated rings.